The van der Waals surface area contributed by atoms with Crippen LogP contribution in [0.1, 0.15) is 18.1 Å². The highest BCUT2D eigenvalue weighted by Gasteiger charge is 2.25. The number of hydrogen-bond acceptors (Lipinski definition) is 3. The number of amides is 1. The number of nitrogens with zero attached hydrogens (tertiary/aromatic N) is 1. The second-order valence-corrected chi connectivity index (χ2v) is 8.40. The molecule has 3 aromatic carbocycles. The minimum absolute atomic E-state index is 0.166. The Labute approximate surface area is 165 Å². The highest BCUT2D eigenvalue weighted by atomic mass is 32.2. The van der Waals surface area contributed by atoms with Crippen molar-refractivity contribution in [1.29, 1.82) is 0 Å². The van der Waals surface area contributed by atoms with Crippen LogP contribution in [0.25, 0.3) is 0 Å². The number of rotatable bonds is 6. The first-order chi connectivity index (χ1) is 13.4. The van der Waals surface area contributed by atoms with E-state index in [2.05, 4.69) is 5.32 Å². The average Bonchev–Trinajstić information content (AvgIpc) is 2.67. The summed E-state index contributed by atoms with van der Waals surface area (Å²) < 4.78 is 28.2. The van der Waals surface area contributed by atoms with E-state index in [-0.39, 0.29) is 17.3 Å². The van der Waals surface area contributed by atoms with Crippen LogP contribution in [0, 0.1) is 6.92 Å². The highest BCUT2D eigenvalue weighted by Crippen LogP contribution is 2.27. The Morgan fingerprint density at radius 2 is 1.61 bits per heavy atom. The number of anilines is 2. The van der Waals surface area contributed by atoms with E-state index in [1.54, 1.807) is 18.2 Å². The van der Waals surface area contributed by atoms with Gasteiger partial charge < -0.3 is 5.32 Å². The Kier molecular flexibility index (Phi) is 5.80. The van der Waals surface area contributed by atoms with Crippen molar-refractivity contribution in [3.8, 4) is 0 Å². The zero-order chi connectivity index (χ0) is 20.1. The first kappa shape index (κ1) is 19.6. The van der Waals surface area contributed by atoms with Gasteiger partial charge in [0.2, 0.25) is 5.91 Å². The van der Waals surface area contributed by atoms with E-state index in [1.165, 1.54) is 23.4 Å². The van der Waals surface area contributed by atoms with E-state index in [9.17, 15) is 13.2 Å². The normalized spacial score (nSPS) is 11.1. The van der Waals surface area contributed by atoms with E-state index in [1.807, 2.05) is 55.5 Å². The molecule has 0 saturated heterocycles. The molecule has 5 nitrogen and oxygen atoms in total. The summed E-state index contributed by atoms with van der Waals surface area (Å²) in [6, 6.07) is 23.1. The molecule has 0 bridgehead atoms. The number of hydrogen-bond donors (Lipinski definition) is 1. The van der Waals surface area contributed by atoms with Gasteiger partial charge in [-0.05, 0) is 54.4 Å². The van der Waals surface area contributed by atoms with E-state index >= 15 is 0 Å². The average molecular weight is 394 g/mol. The zero-order valence-electron chi connectivity index (χ0n) is 15.8. The van der Waals surface area contributed by atoms with Crippen molar-refractivity contribution in [3.05, 3.63) is 90.0 Å². The molecule has 0 fully saturated rings. The third-order valence-electron chi connectivity index (χ3n) is 4.22. The fourth-order valence-corrected chi connectivity index (χ4v) is 4.33. The molecule has 0 spiro atoms. The van der Waals surface area contributed by atoms with Crippen LogP contribution in [0.3, 0.4) is 0 Å². The lowest BCUT2D eigenvalue weighted by atomic mass is 10.2. The monoisotopic (exact) mass is 394 g/mol. The lowest BCUT2D eigenvalue weighted by molar-refractivity contribution is -0.114. The van der Waals surface area contributed by atoms with Crippen LogP contribution in [-0.2, 0) is 21.4 Å². The molecular formula is C22H22N2O3S. The molecule has 3 rings (SSSR count). The standard InChI is InChI=1S/C22H22N2O3S/c1-17-7-6-10-21(15-17)24(16-19-8-4-3-5-9-19)28(26,27)22-13-11-20(12-14-22)23-18(2)25/h3-15H,16H2,1-2H3,(H,23,25). The van der Waals surface area contributed by atoms with Crippen LogP contribution in [0.2, 0.25) is 0 Å². The molecule has 3 aromatic rings. The molecule has 0 unspecified atom stereocenters. The van der Waals surface area contributed by atoms with Crippen LogP contribution >= 0.6 is 0 Å². The van der Waals surface area contributed by atoms with E-state index in [4.69, 9.17) is 0 Å². The molecular weight excluding hydrogens is 372 g/mol. The molecule has 1 amide bonds. The predicted molar refractivity (Wildman–Crippen MR) is 112 cm³/mol. The maximum atomic E-state index is 13.4. The smallest absolute Gasteiger partial charge is 0.264 e. The van der Waals surface area contributed by atoms with Gasteiger partial charge in [-0.2, -0.15) is 0 Å². The summed E-state index contributed by atoms with van der Waals surface area (Å²) in [5, 5.41) is 2.64. The molecule has 1 N–H and O–H groups in total. The van der Waals surface area contributed by atoms with Crippen molar-refractivity contribution < 1.29 is 13.2 Å². The summed E-state index contributed by atoms with van der Waals surface area (Å²) >= 11 is 0. The van der Waals surface area contributed by atoms with Gasteiger partial charge >= 0.3 is 0 Å². The number of carbonyl (C=O) groups excluding carboxylic acids is 1. The van der Waals surface area contributed by atoms with Gasteiger partial charge in [-0.15, -0.1) is 0 Å². The molecule has 0 aromatic heterocycles. The third-order valence-corrected chi connectivity index (χ3v) is 6.01. The van der Waals surface area contributed by atoms with Crippen LogP contribution < -0.4 is 9.62 Å². The van der Waals surface area contributed by atoms with Crippen LogP contribution in [0.4, 0.5) is 11.4 Å². The number of carbonyl (C=O) groups is 1. The Balaban J connectivity index is 2.01. The minimum atomic E-state index is -3.79. The first-order valence-electron chi connectivity index (χ1n) is 8.87. The van der Waals surface area contributed by atoms with Crippen LogP contribution in [0.15, 0.2) is 83.8 Å². The summed E-state index contributed by atoms with van der Waals surface area (Å²) in [4.78, 5) is 11.4. The Morgan fingerprint density at radius 3 is 2.21 bits per heavy atom. The topological polar surface area (TPSA) is 66.5 Å². The van der Waals surface area contributed by atoms with Gasteiger partial charge in [0.1, 0.15) is 0 Å². The van der Waals surface area contributed by atoms with Gasteiger partial charge in [0.25, 0.3) is 10.0 Å². The second-order valence-electron chi connectivity index (χ2n) is 6.54. The molecule has 144 valence electrons. The molecule has 28 heavy (non-hydrogen) atoms. The molecule has 0 atom stereocenters. The van der Waals surface area contributed by atoms with Gasteiger partial charge in [0, 0.05) is 12.6 Å². The molecule has 6 heteroatoms. The molecule has 0 heterocycles. The fourth-order valence-electron chi connectivity index (χ4n) is 2.89. The van der Waals surface area contributed by atoms with Crippen molar-refractivity contribution in [3.63, 3.8) is 0 Å². The first-order valence-corrected chi connectivity index (χ1v) is 10.3. The van der Waals surface area contributed by atoms with Gasteiger partial charge in [0.05, 0.1) is 17.1 Å². The number of benzene rings is 3. The van der Waals surface area contributed by atoms with E-state index in [0.29, 0.717) is 11.4 Å². The zero-order valence-corrected chi connectivity index (χ0v) is 16.6. The van der Waals surface area contributed by atoms with E-state index < -0.39 is 10.0 Å². The summed E-state index contributed by atoms with van der Waals surface area (Å²) in [6.07, 6.45) is 0. The SMILES string of the molecule is CC(=O)Nc1ccc(S(=O)(=O)N(Cc2ccccc2)c2cccc(C)c2)cc1. The Morgan fingerprint density at radius 1 is 0.929 bits per heavy atom. The second kappa shape index (κ2) is 8.27. The molecule has 0 aliphatic heterocycles. The molecule has 0 aliphatic carbocycles. The summed E-state index contributed by atoms with van der Waals surface area (Å²) in [5.41, 5.74) is 3.03. The summed E-state index contributed by atoms with van der Waals surface area (Å²) in [7, 11) is -3.79. The van der Waals surface area contributed by atoms with Crippen molar-refractivity contribution in [1.82, 2.24) is 0 Å². The van der Waals surface area contributed by atoms with E-state index in [0.717, 1.165) is 11.1 Å². The van der Waals surface area contributed by atoms with Gasteiger partial charge in [-0.1, -0.05) is 42.5 Å². The van der Waals surface area contributed by atoms with Crippen LogP contribution in [-0.4, -0.2) is 14.3 Å². The molecule has 0 saturated carbocycles. The Bertz CT molecular complexity index is 1060. The number of nitrogens with one attached hydrogen (secondary N) is 1. The fraction of sp³-hybridized carbons (Fsp3) is 0.136. The van der Waals surface area contributed by atoms with Gasteiger partial charge in [0.15, 0.2) is 0 Å². The van der Waals surface area contributed by atoms with Crippen molar-refractivity contribution in [2.75, 3.05) is 9.62 Å². The van der Waals surface area contributed by atoms with Crippen molar-refractivity contribution in [2.45, 2.75) is 25.3 Å². The minimum Gasteiger partial charge on any atom is -0.326 e. The molecule has 0 aliphatic rings. The number of sulfonamides is 1. The molecule has 0 radical (unpaired) electrons. The summed E-state index contributed by atoms with van der Waals surface area (Å²) in [5.74, 6) is -0.207. The maximum absolute atomic E-state index is 13.4. The Hall–Kier alpha value is -3.12. The van der Waals surface area contributed by atoms with Gasteiger partial charge in [-0.25, -0.2) is 8.42 Å². The highest BCUT2D eigenvalue weighted by molar-refractivity contribution is 7.92. The lowest BCUT2D eigenvalue weighted by Gasteiger charge is -2.25. The van der Waals surface area contributed by atoms with Crippen molar-refractivity contribution >= 4 is 27.3 Å². The van der Waals surface area contributed by atoms with Gasteiger partial charge in [-0.3, -0.25) is 9.10 Å². The predicted octanol–water partition coefficient (Wildman–Crippen LogP) is 4.35. The third kappa shape index (κ3) is 4.58. The maximum Gasteiger partial charge on any atom is 0.264 e. The van der Waals surface area contributed by atoms with Crippen molar-refractivity contribution in [2.24, 2.45) is 0 Å². The van der Waals surface area contributed by atoms with Crippen LogP contribution in [0.5, 0.6) is 0 Å². The lowest BCUT2D eigenvalue weighted by Crippen LogP contribution is -2.30. The number of aryl methyl sites for hydroxylation is 1. The summed E-state index contributed by atoms with van der Waals surface area (Å²) in [6.45, 7) is 3.56. The largest absolute Gasteiger partial charge is 0.326 e. The quantitative estimate of drug-likeness (QED) is 0.676.